The normalized spacial score (nSPS) is 11.1. The van der Waals surface area contributed by atoms with Crippen molar-refractivity contribution >= 4 is 0 Å². The van der Waals surface area contributed by atoms with Gasteiger partial charge in [0, 0.05) is 6.54 Å². The topological polar surface area (TPSA) is 32.3 Å². The fourth-order valence-electron chi connectivity index (χ4n) is 1.64. The van der Waals surface area contributed by atoms with Gasteiger partial charge < -0.3 is 5.21 Å². The van der Waals surface area contributed by atoms with Crippen LogP contribution in [0, 0.1) is 5.92 Å². The minimum Gasteiger partial charge on any atom is -0.317 e. The number of unbranched alkanes of at least 4 members (excludes halogenated alkanes) is 6. The average molecular weight is 201 g/mol. The van der Waals surface area contributed by atoms with Gasteiger partial charge in [-0.25, -0.2) is 5.48 Å². The Morgan fingerprint density at radius 1 is 0.857 bits per heavy atom. The molecule has 0 rings (SSSR count). The Bertz CT molecular complexity index is 104. The zero-order valence-corrected chi connectivity index (χ0v) is 9.89. The monoisotopic (exact) mass is 201 g/mol. The summed E-state index contributed by atoms with van der Waals surface area (Å²) in [7, 11) is 0. The lowest BCUT2D eigenvalue weighted by Crippen LogP contribution is -2.07. The summed E-state index contributed by atoms with van der Waals surface area (Å²) in [6, 6.07) is 0. The van der Waals surface area contributed by atoms with E-state index < -0.39 is 0 Å². The van der Waals surface area contributed by atoms with Gasteiger partial charge in [-0.15, -0.1) is 0 Å². The molecule has 0 aromatic rings. The van der Waals surface area contributed by atoms with Crippen LogP contribution in [0.3, 0.4) is 0 Å². The van der Waals surface area contributed by atoms with Gasteiger partial charge >= 0.3 is 0 Å². The molecule has 2 nitrogen and oxygen atoms in total. The lowest BCUT2D eigenvalue weighted by Gasteiger charge is -2.04. The van der Waals surface area contributed by atoms with Crippen molar-refractivity contribution in [2.75, 3.05) is 6.54 Å². The molecule has 0 unspecified atom stereocenters. The average Bonchev–Trinajstić information content (AvgIpc) is 2.15. The molecule has 0 atom stereocenters. The van der Waals surface area contributed by atoms with Gasteiger partial charge in [-0.3, -0.25) is 0 Å². The highest BCUT2D eigenvalue weighted by Gasteiger charge is 1.94. The fraction of sp³-hybridized carbons (Fsp3) is 1.00. The maximum absolute atomic E-state index is 8.34. The van der Waals surface area contributed by atoms with Gasteiger partial charge in [0.2, 0.25) is 0 Å². The first-order valence-electron chi connectivity index (χ1n) is 6.14. The van der Waals surface area contributed by atoms with Crippen LogP contribution in [0.4, 0.5) is 0 Å². The molecule has 0 saturated heterocycles. The molecule has 0 bridgehead atoms. The quantitative estimate of drug-likeness (QED) is 0.417. The van der Waals surface area contributed by atoms with Crippen LogP contribution < -0.4 is 5.48 Å². The number of hydrogen-bond donors (Lipinski definition) is 2. The lowest BCUT2D eigenvalue weighted by atomic mass is 10.0. The van der Waals surface area contributed by atoms with E-state index >= 15 is 0 Å². The minimum absolute atomic E-state index is 0.743. The second-order valence-corrected chi connectivity index (χ2v) is 4.57. The van der Waals surface area contributed by atoms with Crippen molar-refractivity contribution in [1.29, 1.82) is 0 Å². The van der Waals surface area contributed by atoms with Gasteiger partial charge in [0.25, 0.3) is 0 Å². The Hall–Kier alpha value is -0.0800. The molecule has 86 valence electrons. The first kappa shape index (κ1) is 13.9. The van der Waals surface area contributed by atoms with E-state index in [2.05, 4.69) is 19.3 Å². The molecule has 0 radical (unpaired) electrons. The van der Waals surface area contributed by atoms with Crippen molar-refractivity contribution in [3.63, 3.8) is 0 Å². The van der Waals surface area contributed by atoms with Crippen molar-refractivity contribution in [1.82, 2.24) is 5.48 Å². The predicted molar refractivity (Wildman–Crippen MR) is 61.6 cm³/mol. The molecule has 0 aliphatic heterocycles. The molecular formula is C12H27NO. The highest BCUT2D eigenvalue weighted by Crippen LogP contribution is 2.11. The molecule has 0 fully saturated rings. The third-order valence-electron chi connectivity index (χ3n) is 2.57. The highest BCUT2D eigenvalue weighted by molar-refractivity contribution is 4.49. The van der Waals surface area contributed by atoms with Crippen molar-refractivity contribution < 1.29 is 5.21 Å². The maximum Gasteiger partial charge on any atom is 0.0207 e. The van der Waals surface area contributed by atoms with Crippen LogP contribution in [0.2, 0.25) is 0 Å². The van der Waals surface area contributed by atoms with Crippen molar-refractivity contribution in [3.05, 3.63) is 0 Å². The van der Waals surface area contributed by atoms with Gasteiger partial charge in [-0.1, -0.05) is 58.8 Å². The largest absolute Gasteiger partial charge is 0.317 e. The van der Waals surface area contributed by atoms with E-state index in [0.717, 1.165) is 18.9 Å². The van der Waals surface area contributed by atoms with Crippen LogP contribution >= 0.6 is 0 Å². The summed E-state index contributed by atoms with van der Waals surface area (Å²) < 4.78 is 0. The summed E-state index contributed by atoms with van der Waals surface area (Å²) in [4.78, 5) is 0. The molecular weight excluding hydrogens is 174 g/mol. The van der Waals surface area contributed by atoms with Crippen LogP contribution in [-0.2, 0) is 0 Å². The molecule has 14 heavy (non-hydrogen) atoms. The molecule has 0 spiro atoms. The molecule has 2 N–H and O–H groups in total. The first-order valence-corrected chi connectivity index (χ1v) is 6.14. The van der Waals surface area contributed by atoms with Crippen LogP contribution in [-0.4, -0.2) is 11.8 Å². The second-order valence-electron chi connectivity index (χ2n) is 4.57. The van der Waals surface area contributed by atoms with Gasteiger partial charge in [-0.05, 0) is 12.3 Å². The third-order valence-corrected chi connectivity index (χ3v) is 2.57. The fourth-order valence-corrected chi connectivity index (χ4v) is 1.64. The smallest absolute Gasteiger partial charge is 0.0207 e. The summed E-state index contributed by atoms with van der Waals surface area (Å²) in [5.41, 5.74) is 2.19. The Morgan fingerprint density at radius 3 is 1.86 bits per heavy atom. The maximum atomic E-state index is 8.34. The van der Waals surface area contributed by atoms with Gasteiger partial charge in [0.1, 0.15) is 0 Å². The van der Waals surface area contributed by atoms with E-state index in [1.807, 2.05) is 0 Å². The summed E-state index contributed by atoms with van der Waals surface area (Å²) in [6.45, 7) is 5.33. The Labute approximate surface area is 89.1 Å². The van der Waals surface area contributed by atoms with Crippen LogP contribution in [0.5, 0.6) is 0 Å². The molecule has 0 aliphatic rings. The number of hydrogen-bond acceptors (Lipinski definition) is 2. The number of nitrogens with one attached hydrogen (secondary N) is 1. The van der Waals surface area contributed by atoms with Crippen LogP contribution in [0.1, 0.15) is 65.2 Å². The van der Waals surface area contributed by atoms with E-state index in [-0.39, 0.29) is 0 Å². The van der Waals surface area contributed by atoms with E-state index in [9.17, 15) is 0 Å². The van der Waals surface area contributed by atoms with E-state index in [1.165, 1.54) is 44.9 Å². The molecule has 0 aromatic carbocycles. The van der Waals surface area contributed by atoms with Gasteiger partial charge in [-0.2, -0.15) is 0 Å². The highest BCUT2D eigenvalue weighted by atomic mass is 16.5. The molecule has 0 amide bonds. The van der Waals surface area contributed by atoms with Gasteiger partial charge in [0.15, 0.2) is 0 Å². The summed E-state index contributed by atoms with van der Waals surface area (Å²) in [6.07, 6.45) is 10.6. The van der Waals surface area contributed by atoms with Gasteiger partial charge in [0.05, 0.1) is 0 Å². The second kappa shape index (κ2) is 11.0. The zero-order valence-electron chi connectivity index (χ0n) is 9.89. The third kappa shape index (κ3) is 11.9. The zero-order chi connectivity index (χ0) is 10.6. The first-order chi connectivity index (χ1) is 6.77. The minimum atomic E-state index is 0.743. The van der Waals surface area contributed by atoms with E-state index in [4.69, 9.17) is 5.21 Å². The number of rotatable bonds is 10. The van der Waals surface area contributed by atoms with Crippen LogP contribution in [0.15, 0.2) is 0 Å². The van der Waals surface area contributed by atoms with Crippen molar-refractivity contribution in [3.8, 4) is 0 Å². The molecule has 0 heterocycles. The van der Waals surface area contributed by atoms with Crippen molar-refractivity contribution in [2.24, 2.45) is 5.92 Å². The molecule has 2 heteroatoms. The summed E-state index contributed by atoms with van der Waals surface area (Å²) in [5, 5.41) is 8.34. The standard InChI is InChI=1S/C12H27NO/c1-12(2)10-8-6-4-3-5-7-9-11-13-14/h12-14H,3-11H2,1-2H3. The van der Waals surface area contributed by atoms with Crippen LogP contribution in [0.25, 0.3) is 0 Å². The Morgan fingerprint density at radius 2 is 1.36 bits per heavy atom. The summed E-state index contributed by atoms with van der Waals surface area (Å²) >= 11 is 0. The molecule has 0 aromatic heterocycles. The predicted octanol–water partition coefficient (Wildman–Crippen LogP) is 3.74. The van der Waals surface area contributed by atoms with Crippen molar-refractivity contribution in [2.45, 2.75) is 65.2 Å². The van der Waals surface area contributed by atoms with E-state index in [0.29, 0.717) is 0 Å². The lowest BCUT2D eigenvalue weighted by molar-refractivity contribution is 0.164. The van der Waals surface area contributed by atoms with E-state index in [1.54, 1.807) is 0 Å². The SMILES string of the molecule is CC(C)CCCCCCCCCNO. The Kier molecular flexibility index (Phi) is 10.9. The molecule has 0 saturated carbocycles. The molecule has 0 aliphatic carbocycles. The Balaban J connectivity index is 2.85. The number of hydroxylamine groups is 1. The summed E-state index contributed by atoms with van der Waals surface area (Å²) in [5.74, 6) is 0.866.